The number of hydrogen-bond donors (Lipinski definition) is 2. The summed E-state index contributed by atoms with van der Waals surface area (Å²) in [6, 6.07) is 6.78. The maximum atomic E-state index is 11.6. The highest BCUT2D eigenvalue weighted by Crippen LogP contribution is 2.14. The lowest BCUT2D eigenvalue weighted by atomic mass is 10.1. The zero-order chi connectivity index (χ0) is 12.8. The number of hydrogen-bond acceptors (Lipinski definition) is 2. The molecule has 1 aliphatic rings. The van der Waals surface area contributed by atoms with Gasteiger partial charge in [0.1, 0.15) is 0 Å². The third-order valence-electron chi connectivity index (χ3n) is 2.87. The summed E-state index contributed by atoms with van der Waals surface area (Å²) in [6.45, 7) is 1.35. The molecule has 98 valence electrons. The number of halogens is 1. The fourth-order valence-corrected chi connectivity index (χ4v) is 2.01. The Balaban J connectivity index is 1.73. The van der Waals surface area contributed by atoms with Gasteiger partial charge in [-0.15, -0.1) is 0 Å². The van der Waals surface area contributed by atoms with E-state index in [2.05, 4.69) is 10.6 Å². The zero-order valence-corrected chi connectivity index (χ0v) is 10.9. The molecule has 2 amide bonds. The van der Waals surface area contributed by atoms with Gasteiger partial charge in [0.05, 0.1) is 6.10 Å². The van der Waals surface area contributed by atoms with Crippen LogP contribution < -0.4 is 10.6 Å². The van der Waals surface area contributed by atoms with Crippen LogP contribution in [0.4, 0.5) is 10.5 Å². The first kappa shape index (κ1) is 13.2. The second-order valence-electron chi connectivity index (χ2n) is 4.33. The Hall–Kier alpha value is -1.26. The van der Waals surface area contributed by atoms with Gasteiger partial charge in [-0.05, 0) is 43.5 Å². The summed E-state index contributed by atoms with van der Waals surface area (Å²) < 4.78 is 5.53. The topological polar surface area (TPSA) is 50.4 Å². The lowest BCUT2D eigenvalue weighted by Crippen LogP contribution is -2.37. The Morgan fingerprint density at radius 2 is 2.11 bits per heavy atom. The fraction of sp³-hybridized carbons (Fsp3) is 0.462. The van der Waals surface area contributed by atoms with Gasteiger partial charge in [0.15, 0.2) is 0 Å². The van der Waals surface area contributed by atoms with Crippen LogP contribution in [0.5, 0.6) is 0 Å². The van der Waals surface area contributed by atoms with Crippen LogP contribution in [0.1, 0.15) is 19.3 Å². The second-order valence-corrected chi connectivity index (χ2v) is 4.77. The molecule has 0 radical (unpaired) electrons. The predicted molar refractivity (Wildman–Crippen MR) is 72.1 cm³/mol. The van der Waals surface area contributed by atoms with Crippen molar-refractivity contribution in [2.75, 3.05) is 18.5 Å². The van der Waals surface area contributed by atoms with E-state index in [0.29, 0.717) is 11.6 Å². The first-order valence-corrected chi connectivity index (χ1v) is 6.54. The van der Waals surface area contributed by atoms with E-state index in [4.69, 9.17) is 16.3 Å². The van der Waals surface area contributed by atoms with E-state index < -0.39 is 0 Å². The first-order valence-electron chi connectivity index (χ1n) is 6.16. The van der Waals surface area contributed by atoms with Crippen molar-refractivity contribution in [3.63, 3.8) is 0 Å². The van der Waals surface area contributed by atoms with Crippen molar-refractivity contribution in [3.05, 3.63) is 29.3 Å². The van der Waals surface area contributed by atoms with Crippen LogP contribution in [0.15, 0.2) is 24.3 Å². The first-order chi connectivity index (χ1) is 8.74. The SMILES string of the molecule is O=C(NC[C@@H]1CCCCO1)Nc1ccc(Cl)cc1. The van der Waals surface area contributed by atoms with E-state index in [1.807, 2.05) is 0 Å². The van der Waals surface area contributed by atoms with E-state index in [0.717, 1.165) is 25.1 Å². The number of ether oxygens (including phenoxy) is 1. The quantitative estimate of drug-likeness (QED) is 0.885. The highest BCUT2D eigenvalue weighted by atomic mass is 35.5. The van der Waals surface area contributed by atoms with E-state index in [1.54, 1.807) is 24.3 Å². The summed E-state index contributed by atoms with van der Waals surface area (Å²) in [4.78, 5) is 11.6. The van der Waals surface area contributed by atoms with Crippen LogP contribution in [-0.4, -0.2) is 25.3 Å². The van der Waals surface area contributed by atoms with Crippen molar-refractivity contribution in [1.82, 2.24) is 5.32 Å². The van der Waals surface area contributed by atoms with Gasteiger partial charge in [-0.3, -0.25) is 0 Å². The molecule has 2 rings (SSSR count). The van der Waals surface area contributed by atoms with Crippen LogP contribution in [0, 0.1) is 0 Å². The Kier molecular flexibility index (Phi) is 4.84. The molecule has 1 aromatic carbocycles. The van der Waals surface area contributed by atoms with Crippen molar-refractivity contribution in [1.29, 1.82) is 0 Å². The molecule has 18 heavy (non-hydrogen) atoms. The Morgan fingerprint density at radius 3 is 2.78 bits per heavy atom. The molecule has 0 unspecified atom stereocenters. The average Bonchev–Trinajstić information content (AvgIpc) is 2.40. The van der Waals surface area contributed by atoms with Gasteiger partial charge in [0, 0.05) is 23.9 Å². The van der Waals surface area contributed by atoms with Gasteiger partial charge in [0.25, 0.3) is 0 Å². The molecular weight excluding hydrogens is 252 g/mol. The van der Waals surface area contributed by atoms with Crippen molar-refractivity contribution in [2.24, 2.45) is 0 Å². The maximum absolute atomic E-state index is 11.6. The Bertz CT molecular complexity index is 388. The molecule has 0 bridgehead atoms. The molecule has 4 nitrogen and oxygen atoms in total. The van der Waals surface area contributed by atoms with E-state index in [1.165, 1.54) is 6.42 Å². The predicted octanol–water partition coefficient (Wildman–Crippen LogP) is 3.03. The van der Waals surface area contributed by atoms with Gasteiger partial charge in [-0.25, -0.2) is 4.79 Å². The third-order valence-corrected chi connectivity index (χ3v) is 3.12. The normalized spacial score (nSPS) is 19.3. The third kappa shape index (κ3) is 4.20. The summed E-state index contributed by atoms with van der Waals surface area (Å²) in [6.07, 6.45) is 3.45. The summed E-state index contributed by atoms with van der Waals surface area (Å²) in [7, 11) is 0. The van der Waals surface area contributed by atoms with Crippen molar-refractivity contribution in [2.45, 2.75) is 25.4 Å². The summed E-state index contributed by atoms with van der Waals surface area (Å²) >= 11 is 5.77. The number of nitrogens with one attached hydrogen (secondary N) is 2. The molecular formula is C13H17ClN2O2. The van der Waals surface area contributed by atoms with Gasteiger partial charge in [-0.2, -0.15) is 0 Å². The largest absolute Gasteiger partial charge is 0.376 e. The molecule has 1 fully saturated rings. The van der Waals surface area contributed by atoms with Gasteiger partial charge >= 0.3 is 6.03 Å². The molecule has 0 aromatic heterocycles. The lowest BCUT2D eigenvalue weighted by molar-refractivity contribution is 0.0187. The van der Waals surface area contributed by atoms with Crippen LogP contribution in [0.25, 0.3) is 0 Å². The molecule has 1 aliphatic heterocycles. The second kappa shape index (κ2) is 6.61. The number of rotatable bonds is 3. The molecule has 0 spiro atoms. The number of benzene rings is 1. The number of carbonyl (C=O) groups excluding carboxylic acids is 1. The number of urea groups is 1. The standard InChI is InChI=1S/C13H17ClN2O2/c14-10-4-6-11(7-5-10)16-13(17)15-9-12-3-1-2-8-18-12/h4-7,12H,1-3,8-9H2,(H2,15,16,17)/t12-/m0/s1. The highest BCUT2D eigenvalue weighted by Gasteiger charge is 2.14. The highest BCUT2D eigenvalue weighted by molar-refractivity contribution is 6.30. The van der Waals surface area contributed by atoms with E-state index in [-0.39, 0.29) is 12.1 Å². The van der Waals surface area contributed by atoms with Crippen molar-refractivity contribution >= 4 is 23.3 Å². The van der Waals surface area contributed by atoms with Gasteiger partial charge in [0.2, 0.25) is 0 Å². The summed E-state index contributed by atoms with van der Waals surface area (Å²) in [5, 5.41) is 6.20. The lowest BCUT2D eigenvalue weighted by Gasteiger charge is -2.22. The fourth-order valence-electron chi connectivity index (χ4n) is 1.88. The number of amides is 2. The molecule has 1 atom stereocenters. The molecule has 1 heterocycles. The molecule has 1 saturated heterocycles. The number of anilines is 1. The van der Waals surface area contributed by atoms with Gasteiger partial charge < -0.3 is 15.4 Å². The summed E-state index contributed by atoms with van der Waals surface area (Å²) in [5.41, 5.74) is 0.724. The van der Waals surface area contributed by atoms with Crippen LogP contribution >= 0.6 is 11.6 Å². The monoisotopic (exact) mass is 268 g/mol. The van der Waals surface area contributed by atoms with Crippen LogP contribution in [0.3, 0.4) is 0 Å². The smallest absolute Gasteiger partial charge is 0.319 e. The summed E-state index contributed by atoms with van der Waals surface area (Å²) in [5.74, 6) is 0. The molecule has 2 N–H and O–H groups in total. The maximum Gasteiger partial charge on any atom is 0.319 e. The van der Waals surface area contributed by atoms with Crippen molar-refractivity contribution < 1.29 is 9.53 Å². The minimum atomic E-state index is -0.216. The average molecular weight is 269 g/mol. The zero-order valence-electron chi connectivity index (χ0n) is 10.1. The minimum Gasteiger partial charge on any atom is -0.376 e. The van der Waals surface area contributed by atoms with E-state index >= 15 is 0 Å². The van der Waals surface area contributed by atoms with Crippen LogP contribution in [-0.2, 0) is 4.74 Å². The van der Waals surface area contributed by atoms with Crippen LogP contribution in [0.2, 0.25) is 5.02 Å². The Labute approximate surface area is 112 Å². The van der Waals surface area contributed by atoms with Crippen molar-refractivity contribution in [3.8, 4) is 0 Å². The minimum absolute atomic E-state index is 0.148. The van der Waals surface area contributed by atoms with E-state index in [9.17, 15) is 4.79 Å². The molecule has 5 heteroatoms. The molecule has 1 aromatic rings. The number of carbonyl (C=O) groups is 1. The molecule has 0 saturated carbocycles. The van der Waals surface area contributed by atoms with Gasteiger partial charge in [-0.1, -0.05) is 11.6 Å². The Morgan fingerprint density at radius 1 is 1.33 bits per heavy atom. The molecule has 0 aliphatic carbocycles.